The van der Waals surface area contributed by atoms with Crippen LogP contribution in [0.25, 0.3) is 0 Å². The van der Waals surface area contributed by atoms with Crippen molar-refractivity contribution in [3.8, 4) is 0 Å². The maximum Gasteiger partial charge on any atom is 0.312 e. The number of halogens is 1. The molecule has 3 saturated heterocycles. The third kappa shape index (κ3) is 4.90. The van der Waals surface area contributed by atoms with Crippen LogP contribution in [0.3, 0.4) is 0 Å². The summed E-state index contributed by atoms with van der Waals surface area (Å²) >= 11 is 6.58. The number of aliphatic hydroxyl groups excluding tert-OH is 1. The summed E-state index contributed by atoms with van der Waals surface area (Å²) in [5.74, 6) is -2.57. The first-order valence-corrected chi connectivity index (χ1v) is 13.7. The molecule has 0 radical (unpaired) electrons. The third-order valence-corrected chi connectivity index (χ3v) is 8.27. The number of aliphatic hydroxyl groups is 1. The van der Waals surface area contributed by atoms with Gasteiger partial charge in [0.05, 0.1) is 35.3 Å². The summed E-state index contributed by atoms with van der Waals surface area (Å²) in [6, 6.07) is 4.52. The van der Waals surface area contributed by atoms with Gasteiger partial charge >= 0.3 is 5.97 Å². The average Bonchev–Trinajstić information content (AvgIpc) is 3.53. The van der Waals surface area contributed by atoms with Gasteiger partial charge < -0.3 is 24.4 Å². The number of benzene rings is 1. The van der Waals surface area contributed by atoms with E-state index in [1.165, 1.54) is 0 Å². The van der Waals surface area contributed by atoms with E-state index in [2.05, 4.69) is 13.2 Å². The van der Waals surface area contributed by atoms with E-state index in [4.69, 9.17) is 21.1 Å². The average molecular weight is 545 g/mol. The minimum atomic E-state index is -1.12. The number of carbonyl (C=O) groups is 3. The van der Waals surface area contributed by atoms with E-state index in [1.807, 2.05) is 19.1 Å². The van der Waals surface area contributed by atoms with Crippen molar-refractivity contribution < 1.29 is 29.0 Å². The fourth-order valence-electron chi connectivity index (χ4n) is 6.38. The van der Waals surface area contributed by atoms with Crippen LogP contribution in [0.15, 0.2) is 43.5 Å². The minimum absolute atomic E-state index is 0.0607. The zero-order chi connectivity index (χ0) is 27.4. The van der Waals surface area contributed by atoms with Gasteiger partial charge in [0.1, 0.15) is 11.6 Å². The van der Waals surface area contributed by atoms with Crippen molar-refractivity contribution in [3.05, 3.63) is 54.1 Å². The molecule has 4 rings (SSSR count). The molecule has 8 nitrogen and oxygen atoms in total. The summed E-state index contributed by atoms with van der Waals surface area (Å²) in [4.78, 5) is 44.8. The van der Waals surface area contributed by atoms with Gasteiger partial charge in [-0.3, -0.25) is 14.4 Å². The van der Waals surface area contributed by atoms with Crippen LogP contribution >= 0.6 is 11.6 Å². The molecule has 1 aromatic carbocycles. The number of carbonyl (C=O) groups excluding carboxylic acids is 3. The molecule has 1 spiro atoms. The molecule has 9 heteroatoms. The fraction of sp³-hybridized carbons (Fsp3) is 0.552. The lowest BCUT2D eigenvalue weighted by atomic mass is 9.70. The van der Waals surface area contributed by atoms with E-state index in [-0.39, 0.29) is 31.6 Å². The third-order valence-electron chi connectivity index (χ3n) is 7.97. The molecule has 5 atom stereocenters. The van der Waals surface area contributed by atoms with Crippen molar-refractivity contribution in [1.82, 2.24) is 4.90 Å². The van der Waals surface area contributed by atoms with Crippen LogP contribution in [0.2, 0.25) is 5.02 Å². The van der Waals surface area contributed by atoms with Gasteiger partial charge in [0.2, 0.25) is 5.91 Å². The van der Waals surface area contributed by atoms with Crippen molar-refractivity contribution in [2.75, 3.05) is 31.2 Å². The van der Waals surface area contributed by atoms with Crippen LogP contribution < -0.4 is 4.90 Å². The number of amides is 2. The number of unbranched alkanes of at least 4 members (excludes halogenated alkanes) is 2. The van der Waals surface area contributed by atoms with Crippen molar-refractivity contribution in [1.29, 1.82) is 0 Å². The van der Waals surface area contributed by atoms with Gasteiger partial charge in [0.15, 0.2) is 0 Å². The van der Waals surface area contributed by atoms with E-state index >= 15 is 0 Å². The van der Waals surface area contributed by atoms with Gasteiger partial charge in [-0.2, -0.15) is 0 Å². The molecule has 3 heterocycles. The zero-order valence-electron chi connectivity index (χ0n) is 21.9. The Kier molecular flexibility index (Phi) is 8.96. The van der Waals surface area contributed by atoms with Gasteiger partial charge in [-0.25, -0.2) is 0 Å². The Bertz CT molecular complexity index is 1070. The largest absolute Gasteiger partial charge is 0.465 e. The summed E-state index contributed by atoms with van der Waals surface area (Å²) in [5.41, 5.74) is 0.271. The van der Waals surface area contributed by atoms with Gasteiger partial charge in [0.25, 0.3) is 5.91 Å². The number of ether oxygens (including phenoxy) is 2. The maximum absolute atomic E-state index is 14.5. The number of para-hydroxylation sites is 1. The van der Waals surface area contributed by atoms with Crippen molar-refractivity contribution in [2.24, 2.45) is 11.8 Å². The number of fused-ring (bicyclic) bond motifs is 1. The molecule has 0 aliphatic carbocycles. The first-order chi connectivity index (χ1) is 18.3. The van der Waals surface area contributed by atoms with Crippen LogP contribution in [0.1, 0.15) is 44.1 Å². The van der Waals surface area contributed by atoms with Gasteiger partial charge in [0, 0.05) is 19.7 Å². The van der Waals surface area contributed by atoms with Crippen molar-refractivity contribution in [2.45, 2.75) is 63.2 Å². The van der Waals surface area contributed by atoms with Gasteiger partial charge in [-0.15, -0.1) is 13.2 Å². The van der Waals surface area contributed by atoms with Gasteiger partial charge in [-0.05, 0) is 57.1 Å². The topological polar surface area (TPSA) is 96.4 Å². The Labute approximate surface area is 229 Å². The van der Waals surface area contributed by atoms with E-state index < -0.39 is 35.6 Å². The van der Waals surface area contributed by atoms with Crippen LogP contribution in [0, 0.1) is 18.8 Å². The lowest BCUT2D eigenvalue weighted by Crippen LogP contribution is -2.56. The second-order valence-corrected chi connectivity index (χ2v) is 10.7. The normalized spacial score (nSPS) is 27.3. The second-order valence-electron chi connectivity index (χ2n) is 10.3. The fourth-order valence-corrected chi connectivity index (χ4v) is 6.71. The van der Waals surface area contributed by atoms with E-state index in [1.54, 1.807) is 28.0 Å². The van der Waals surface area contributed by atoms with Gasteiger partial charge in [-0.1, -0.05) is 35.9 Å². The highest BCUT2D eigenvalue weighted by atomic mass is 35.5. The molecule has 2 unspecified atom stereocenters. The monoisotopic (exact) mass is 544 g/mol. The molecular weight excluding hydrogens is 508 g/mol. The van der Waals surface area contributed by atoms with Crippen molar-refractivity contribution in [3.63, 3.8) is 0 Å². The summed E-state index contributed by atoms with van der Waals surface area (Å²) < 4.78 is 12.0. The van der Waals surface area contributed by atoms with E-state index in [0.717, 1.165) is 5.56 Å². The van der Waals surface area contributed by atoms with Crippen LogP contribution in [-0.2, 0) is 23.9 Å². The number of esters is 1. The lowest BCUT2D eigenvalue weighted by molar-refractivity contribution is -0.155. The Balaban J connectivity index is 1.73. The quantitative estimate of drug-likeness (QED) is 0.230. The lowest BCUT2D eigenvalue weighted by Gasteiger charge is -2.37. The predicted octanol–water partition coefficient (Wildman–Crippen LogP) is 3.82. The van der Waals surface area contributed by atoms with Crippen LogP contribution in [0.5, 0.6) is 0 Å². The molecule has 3 fully saturated rings. The highest BCUT2D eigenvalue weighted by Crippen LogP contribution is 2.59. The molecule has 3 aliphatic rings. The summed E-state index contributed by atoms with van der Waals surface area (Å²) in [6.45, 7) is 10.1. The number of hydrogen-bond acceptors (Lipinski definition) is 6. The van der Waals surface area contributed by atoms with Crippen LogP contribution in [0.4, 0.5) is 5.69 Å². The molecule has 2 amide bonds. The highest BCUT2D eigenvalue weighted by Gasteiger charge is 2.75. The second kappa shape index (κ2) is 12.0. The molecular formula is C29H37ClN2O6. The highest BCUT2D eigenvalue weighted by molar-refractivity contribution is 6.34. The Hall–Kier alpha value is -2.68. The molecule has 206 valence electrons. The Morgan fingerprint density at radius 3 is 2.76 bits per heavy atom. The molecule has 1 aromatic rings. The number of likely N-dealkylation sites (tertiary alicyclic amines) is 1. The minimum Gasteiger partial charge on any atom is -0.465 e. The number of nitrogens with zero attached hydrogens (tertiary/aromatic N) is 2. The first-order valence-electron chi connectivity index (χ1n) is 13.4. The number of aryl methyl sites for hydroxylation is 1. The Morgan fingerprint density at radius 2 is 2.08 bits per heavy atom. The number of anilines is 1. The summed E-state index contributed by atoms with van der Waals surface area (Å²) in [6.07, 6.45) is 6.33. The molecule has 0 saturated carbocycles. The standard InChI is InChI=1S/C29H37ClN2O6/c1-4-6-18-37-28(36)22-21-13-14-29(38-21)23(22)26(34)32(16-8-7-9-17-33)25(29)27(35)31(15-5-2)24-19(3)11-10-12-20(24)30/h4-5,10-12,21-23,25,33H,1-2,6-9,13-18H2,3H3/t21-,22+,23+,25?,29?/m1/s1. The maximum atomic E-state index is 14.5. The smallest absolute Gasteiger partial charge is 0.312 e. The Morgan fingerprint density at radius 1 is 1.29 bits per heavy atom. The SMILES string of the molecule is C=CCCOC(=O)[C@@H]1[C@H]2C(=O)N(CCCCCO)C(C(=O)N(CC=C)c3c(C)cccc3Cl)C23CC[C@H]1O3. The van der Waals surface area contributed by atoms with Crippen LogP contribution in [-0.4, -0.2) is 71.8 Å². The van der Waals surface area contributed by atoms with Crippen molar-refractivity contribution >= 4 is 35.1 Å². The zero-order valence-corrected chi connectivity index (χ0v) is 22.7. The molecule has 38 heavy (non-hydrogen) atoms. The molecule has 0 aromatic heterocycles. The van der Waals surface area contributed by atoms with E-state index in [9.17, 15) is 19.5 Å². The molecule has 3 aliphatic heterocycles. The summed E-state index contributed by atoms with van der Waals surface area (Å²) in [5, 5.41) is 9.64. The molecule has 2 bridgehead atoms. The van der Waals surface area contributed by atoms with E-state index in [0.29, 0.717) is 55.8 Å². The molecule has 1 N–H and O–H groups in total. The first kappa shape index (κ1) is 28.3. The predicted molar refractivity (Wildman–Crippen MR) is 145 cm³/mol. The number of hydrogen-bond donors (Lipinski definition) is 1. The number of rotatable bonds is 13. The summed E-state index contributed by atoms with van der Waals surface area (Å²) in [7, 11) is 0.